The van der Waals surface area contributed by atoms with E-state index in [0.29, 0.717) is 5.56 Å². The van der Waals surface area contributed by atoms with Crippen LogP contribution in [-0.2, 0) is 6.42 Å². The van der Waals surface area contributed by atoms with Crippen LogP contribution in [0.25, 0.3) is 0 Å². The van der Waals surface area contributed by atoms with Crippen LogP contribution in [0.1, 0.15) is 39.5 Å². The van der Waals surface area contributed by atoms with Gasteiger partial charge in [-0.05, 0) is 42.5 Å². The molecular formula is C11H13NO2. The van der Waals surface area contributed by atoms with Crippen molar-refractivity contribution in [3.8, 4) is 0 Å². The fourth-order valence-corrected chi connectivity index (χ4v) is 2.14. The Kier molecular flexibility index (Phi) is 2.04. The van der Waals surface area contributed by atoms with Crippen LogP contribution in [0.5, 0.6) is 0 Å². The fraction of sp³-hybridized carbons (Fsp3) is 0.364. The van der Waals surface area contributed by atoms with Crippen LogP contribution in [0.15, 0.2) is 12.1 Å². The van der Waals surface area contributed by atoms with Gasteiger partial charge in [0.25, 0.3) is 0 Å². The molecule has 0 bridgehead atoms. The molecule has 3 nitrogen and oxygen atoms in total. The molecule has 14 heavy (non-hydrogen) atoms. The van der Waals surface area contributed by atoms with Crippen molar-refractivity contribution in [3.05, 3.63) is 34.4 Å². The van der Waals surface area contributed by atoms with Crippen LogP contribution in [0.2, 0.25) is 0 Å². The van der Waals surface area contributed by atoms with Crippen LogP contribution in [0, 0.1) is 6.92 Å². The lowest BCUT2D eigenvalue weighted by Gasteiger charge is -2.09. The molecular weight excluding hydrogens is 178 g/mol. The molecule has 0 aromatic heterocycles. The average Bonchev–Trinajstić information content (AvgIpc) is 2.49. The maximum atomic E-state index is 10.9. The number of aromatic carboxylic acids is 1. The van der Waals surface area contributed by atoms with Gasteiger partial charge in [0.15, 0.2) is 0 Å². The molecule has 0 amide bonds. The number of hydrogen-bond acceptors (Lipinski definition) is 2. The van der Waals surface area contributed by atoms with Crippen LogP contribution >= 0.6 is 0 Å². The van der Waals surface area contributed by atoms with Crippen molar-refractivity contribution in [3.63, 3.8) is 0 Å². The lowest BCUT2D eigenvalue weighted by Crippen LogP contribution is -2.07. The minimum atomic E-state index is -0.856. The highest BCUT2D eigenvalue weighted by Gasteiger charge is 2.23. The van der Waals surface area contributed by atoms with Gasteiger partial charge in [-0.15, -0.1) is 0 Å². The summed E-state index contributed by atoms with van der Waals surface area (Å²) in [5, 5.41) is 8.93. The minimum absolute atomic E-state index is 0.0894. The molecule has 0 fully saturated rings. The molecule has 0 unspecified atom stereocenters. The average molecular weight is 191 g/mol. The number of benzene rings is 1. The zero-order chi connectivity index (χ0) is 10.3. The van der Waals surface area contributed by atoms with Crippen LogP contribution < -0.4 is 5.73 Å². The Hall–Kier alpha value is -1.35. The van der Waals surface area contributed by atoms with E-state index in [0.717, 1.165) is 29.5 Å². The van der Waals surface area contributed by atoms with E-state index in [2.05, 4.69) is 0 Å². The third-order valence-electron chi connectivity index (χ3n) is 2.97. The molecule has 3 heteroatoms. The van der Waals surface area contributed by atoms with Crippen molar-refractivity contribution in [1.29, 1.82) is 0 Å². The van der Waals surface area contributed by atoms with Crippen molar-refractivity contribution in [2.75, 3.05) is 0 Å². The Morgan fingerprint density at radius 2 is 2.29 bits per heavy atom. The molecule has 2 rings (SSSR count). The normalized spacial score (nSPS) is 19.4. The molecule has 1 aliphatic rings. The summed E-state index contributed by atoms with van der Waals surface area (Å²) in [5.41, 5.74) is 9.43. The van der Waals surface area contributed by atoms with Gasteiger partial charge in [-0.25, -0.2) is 4.79 Å². The van der Waals surface area contributed by atoms with Gasteiger partial charge >= 0.3 is 5.97 Å². The largest absolute Gasteiger partial charge is 0.478 e. The SMILES string of the molecule is Cc1c(C(=O)O)ccc2c1CC[C@H]2N. The van der Waals surface area contributed by atoms with Crippen LogP contribution in [-0.4, -0.2) is 11.1 Å². The molecule has 0 aliphatic heterocycles. The fourth-order valence-electron chi connectivity index (χ4n) is 2.14. The number of rotatable bonds is 1. The molecule has 0 radical (unpaired) electrons. The van der Waals surface area contributed by atoms with E-state index in [1.165, 1.54) is 0 Å². The van der Waals surface area contributed by atoms with E-state index < -0.39 is 5.97 Å². The molecule has 74 valence electrons. The van der Waals surface area contributed by atoms with Gasteiger partial charge in [0.2, 0.25) is 0 Å². The summed E-state index contributed by atoms with van der Waals surface area (Å²) < 4.78 is 0. The predicted octanol–water partition coefficient (Wildman–Crippen LogP) is 1.64. The van der Waals surface area contributed by atoms with Gasteiger partial charge < -0.3 is 10.8 Å². The number of hydrogen-bond donors (Lipinski definition) is 2. The van der Waals surface area contributed by atoms with E-state index in [1.54, 1.807) is 6.07 Å². The second-order valence-corrected chi connectivity index (χ2v) is 3.76. The van der Waals surface area contributed by atoms with Crippen LogP contribution in [0.4, 0.5) is 0 Å². The molecule has 0 saturated heterocycles. The minimum Gasteiger partial charge on any atom is -0.478 e. The van der Waals surface area contributed by atoms with Crippen molar-refractivity contribution in [2.45, 2.75) is 25.8 Å². The highest BCUT2D eigenvalue weighted by molar-refractivity contribution is 5.90. The Morgan fingerprint density at radius 1 is 1.57 bits per heavy atom. The van der Waals surface area contributed by atoms with Gasteiger partial charge in [-0.1, -0.05) is 6.07 Å². The van der Waals surface area contributed by atoms with Crippen molar-refractivity contribution in [2.24, 2.45) is 5.73 Å². The molecule has 1 aromatic rings. The lowest BCUT2D eigenvalue weighted by molar-refractivity contribution is 0.0696. The van der Waals surface area contributed by atoms with Gasteiger partial charge in [-0.3, -0.25) is 0 Å². The van der Waals surface area contributed by atoms with Crippen molar-refractivity contribution < 1.29 is 9.90 Å². The number of carbonyl (C=O) groups is 1. The highest BCUT2D eigenvalue weighted by atomic mass is 16.4. The highest BCUT2D eigenvalue weighted by Crippen LogP contribution is 2.32. The zero-order valence-electron chi connectivity index (χ0n) is 8.08. The van der Waals surface area contributed by atoms with E-state index in [9.17, 15) is 4.79 Å². The third kappa shape index (κ3) is 1.21. The Bertz CT molecular complexity index is 399. The maximum absolute atomic E-state index is 10.9. The summed E-state index contributed by atoms with van der Waals surface area (Å²) in [4.78, 5) is 10.9. The lowest BCUT2D eigenvalue weighted by atomic mass is 9.98. The van der Waals surface area contributed by atoms with Crippen molar-refractivity contribution in [1.82, 2.24) is 0 Å². The summed E-state index contributed by atoms with van der Waals surface area (Å²) in [5.74, 6) is -0.856. The first-order chi connectivity index (χ1) is 6.61. The Labute approximate surface area is 82.5 Å². The maximum Gasteiger partial charge on any atom is 0.335 e. The van der Waals surface area contributed by atoms with Gasteiger partial charge in [0, 0.05) is 6.04 Å². The summed E-state index contributed by atoms with van der Waals surface area (Å²) in [6, 6.07) is 3.59. The Balaban J connectivity index is 2.58. The first-order valence-corrected chi connectivity index (χ1v) is 4.72. The molecule has 0 saturated carbocycles. The van der Waals surface area contributed by atoms with E-state index in [4.69, 9.17) is 10.8 Å². The topological polar surface area (TPSA) is 63.3 Å². The smallest absolute Gasteiger partial charge is 0.335 e. The summed E-state index contributed by atoms with van der Waals surface area (Å²) >= 11 is 0. The summed E-state index contributed by atoms with van der Waals surface area (Å²) in [6.07, 6.45) is 1.84. The third-order valence-corrected chi connectivity index (χ3v) is 2.97. The van der Waals surface area contributed by atoms with Gasteiger partial charge in [0.1, 0.15) is 0 Å². The molecule has 3 N–H and O–H groups in total. The molecule has 0 spiro atoms. The summed E-state index contributed by atoms with van der Waals surface area (Å²) in [6.45, 7) is 1.86. The summed E-state index contributed by atoms with van der Waals surface area (Å²) in [7, 11) is 0. The molecule has 1 atom stereocenters. The Morgan fingerprint density at radius 3 is 2.93 bits per heavy atom. The van der Waals surface area contributed by atoms with Gasteiger partial charge in [-0.2, -0.15) is 0 Å². The molecule has 0 heterocycles. The molecule has 1 aromatic carbocycles. The van der Waals surface area contributed by atoms with Crippen LogP contribution in [0.3, 0.4) is 0 Å². The number of fused-ring (bicyclic) bond motifs is 1. The monoisotopic (exact) mass is 191 g/mol. The van der Waals surface area contributed by atoms with Gasteiger partial charge in [0.05, 0.1) is 5.56 Å². The standard InChI is InChI=1S/C11H13NO2/c1-6-7-4-5-10(12)9(7)3-2-8(6)11(13)14/h2-3,10H,4-5,12H2,1H3,(H,13,14)/t10-/m1/s1. The second-order valence-electron chi connectivity index (χ2n) is 3.76. The van der Waals surface area contributed by atoms with Crippen molar-refractivity contribution >= 4 is 5.97 Å². The first kappa shape index (κ1) is 9.21. The van der Waals surface area contributed by atoms with E-state index >= 15 is 0 Å². The first-order valence-electron chi connectivity index (χ1n) is 4.72. The zero-order valence-corrected chi connectivity index (χ0v) is 8.08. The second kappa shape index (κ2) is 3.10. The number of carboxylic acid groups (broad SMARTS) is 1. The number of nitrogens with two attached hydrogens (primary N) is 1. The van der Waals surface area contributed by atoms with E-state index in [-0.39, 0.29) is 6.04 Å². The quantitative estimate of drug-likeness (QED) is 0.709. The number of carboxylic acids is 1. The molecule has 1 aliphatic carbocycles. The predicted molar refractivity (Wildman–Crippen MR) is 53.4 cm³/mol. The van der Waals surface area contributed by atoms with E-state index in [1.807, 2.05) is 13.0 Å².